The summed E-state index contributed by atoms with van der Waals surface area (Å²) in [7, 11) is 0. The fourth-order valence-electron chi connectivity index (χ4n) is 0.341. The molecule has 0 saturated heterocycles. The first-order valence-electron chi connectivity index (χ1n) is 2.73. The number of aliphatic imine (C=N–C) groups is 1. The molecule has 0 bridgehead atoms. The highest BCUT2D eigenvalue weighted by molar-refractivity contribution is 8.05. The maximum absolute atomic E-state index is 3.93. The van der Waals surface area contributed by atoms with Gasteiger partial charge in [-0.15, -0.1) is 11.8 Å². The highest BCUT2D eigenvalue weighted by Crippen LogP contribution is 2.13. The van der Waals surface area contributed by atoms with Crippen molar-refractivity contribution in [2.45, 2.75) is 13.8 Å². The van der Waals surface area contributed by atoms with Gasteiger partial charge in [-0.1, -0.05) is 6.58 Å². The molecule has 0 aromatic rings. The van der Waals surface area contributed by atoms with E-state index in [1.807, 2.05) is 20.0 Å². The van der Waals surface area contributed by atoms with Crippen LogP contribution in [0.1, 0.15) is 13.8 Å². The average Bonchev–Trinajstić information content (AvgIpc) is 1.85. The predicted molar refractivity (Wildman–Crippen MR) is 45.7 cm³/mol. The fraction of sp³-hybridized carbons (Fsp3) is 0.286. The Morgan fingerprint density at radius 1 is 1.67 bits per heavy atom. The largest absolute Gasteiger partial charge is 0.269 e. The summed E-state index contributed by atoms with van der Waals surface area (Å²) in [5.74, 6) is 0. The third kappa shape index (κ3) is 5.37. The summed E-state index contributed by atoms with van der Waals surface area (Å²) in [6.45, 7) is 7.47. The van der Waals surface area contributed by atoms with E-state index >= 15 is 0 Å². The van der Waals surface area contributed by atoms with Crippen molar-refractivity contribution in [2.24, 2.45) is 4.99 Å². The van der Waals surface area contributed by atoms with Crippen LogP contribution in [0.4, 0.5) is 0 Å². The average molecular weight is 141 g/mol. The molecule has 50 valence electrons. The number of hydrogen-bond donors (Lipinski definition) is 0. The van der Waals surface area contributed by atoms with Gasteiger partial charge in [0.2, 0.25) is 0 Å². The maximum Gasteiger partial charge on any atom is 0.0359 e. The lowest BCUT2D eigenvalue weighted by Crippen LogP contribution is -1.61. The van der Waals surface area contributed by atoms with Gasteiger partial charge in [0.25, 0.3) is 0 Å². The van der Waals surface area contributed by atoms with Gasteiger partial charge < -0.3 is 0 Å². The van der Waals surface area contributed by atoms with Crippen molar-refractivity contribution < 1.29 is 0 Å². The van der Waals surface area contributed by atoms with Gasteiger partial charge in [-0.05, 0) is 19.3 Å². The minimum atomic E-state index is 1.16. The highest BCUT2D eigenvalue weighted by atomic mass is 32.2. The zero-order chi connectivity index (χ0) is 7.11. The molecule has 0 aromatic carbocycles. The molecule has 0 aliphatic heterocycles. The van der Waals surface area contributed by atoms with Gasteiger partial charge in [-0.3, -0.25) is 4.99 Å². The van der Waals surface area contributed by atoms with E-state index in [0.717, 1.165) is 4.91 Å². The monoisotopic (exact) mass is 141 g/mol. The second kappa shape index (κ2) is 5.63. The molecule has 0 heterocycles. The van der Waals surface area contributed by atoms with Gasteiger partial charge in [0, 0.05) is 17.3 Å². The number of hydrogen-bond acceptors (Lipinski definition) is 2. The number of allylic oxidation sites excluding steroid dienone is 1. The molecule has 0 rings (SSSR count). The first kappa shape index (κ1) is 8.50. The van der Waals surface area contributed by atoms with Gasteiger partial charge in [0.05, 0.1) is 0 Å². The summed E-state index contributed by atoms with van der Waals surface area (Å²) in [6.07, 6.45) is 3.57. The Hall–Kier alpha value is -0.500. The van der Waals surface area contributed by atoms with E-state index in [1.54, 1.807) is 23.4 Å². The van der Waals surface area contributed by atoms with Crippen LogP contribution in [0.3, 0.4) is 0 Å². The van der Waals surface area contributed by atoms with Crippen LogP contribution in [0.2, 0.25) is 0 Å². The van der Waals surface area contributed by atoms with Gasteiger partial charge in [-0.25, -0.2) is 0 Å². The summed E-state index contributed by atoms with van der Waals surface area (Å²) in [6, 6.07) is 0. The smallest absolute Gasteiger partial charge is 0.0359 e. The fourth-order valence-corrected chi connectivity index (χ4v) is 0.726. The Labute approximate surface area is 60.6 Å². The Kier molecular flexibility index (Phi) is 5.32. The quantitative estimate of drug-likeness (QED) is 0.550. The lowest BCUT2D eigenvalue weighted by Gasteiger charge is -1.87. The zero-order valence-electron chi connectivity index (χ0n) is 5.79. The molecule has 0 unspecified atom stereocenters. The zero-order valence-corrected chi connectivity index (χ0v) is 6.61. The van der Waals surface area contributed by atoms with E-state index in [1.165, 1.54) is 0 Å². The van der Waals surface area contributed by atoms with Crippen LogP contribution in [-0.2, 0) is 0 Å². The molecule has 0 spiro atoms. The van der Waals surface area contributed by atoms with Crippen LogP contribution in [0, 0.1) is 0 Å². The lowest BCUT2D eigenvalue weighted by atomic mass is 10.7. The summed E-state index contributed by atoms with van der Waals surface area (Å²) < 4.78 is 0. The third-order valence-electron chi connectivity index (χ3n) is 0.675. The second-order valence-corrected chi connectivity index (χ2v) is 2.64. The first-order valence-corrected chi connectivity index (χ1v) is 3.61. The summed E-state index contributed by atoms with van der Waals surface area (Å²) >= 11 is 1.58. The molecule has 0 aliphatic rings. The standard InChI is InChI=1S/C7H11NS/c1-4-8-6-7(3)9-5-2/h4-6H,2H2,1,3H3/b7-6-,8-4+. The molecule has 0 radical (unpaired) electrons. The Morgan fingerprint density at radius 2 is 2.33 bits per heavy atom. The Balaban J connectivity index is 3.68. The van der Waals surface area contributed by atoms with E-state index in [9.17, 15) is 0 Å². The van der Waals surface area contributed by atoms with Crippen LogP contribution in [0.5, 0.6) is 0 Å². The highest BCUT2D eigenvalue weighted by Gasteiger charge is 1.79. The molecule has 1 nitrogen and oxygen atoms in total. The molecule has 0 aromatic heterocycles. The Bertz CT molecular complexity index is 136. The topological polar surface area (TPSA) is 12.4 Å². The molecule has 2 heteroatoms. The number of nitrogens with zero attached hydrogens (tertiary/aromatic N) is 1. The van der Waals surface area contributed by atoms with Crippen LogP contribution in [0.25, 0.3) is 0 Å². The molecule has 9 heavy (non-hydrogen) atoms. The first-order chi connectivity index (χ1) is 4.31. The van der Waals surface area contributed by atoms with Crippen molar-refractivity contribution in [1.29, 1.82) is 0 Å². The van der Waals surface area contributed by atoms with Gasteiger partial charge in [0.1, 0.15) is 0 Å². The van der Waals surface area contributed by atoms with Crippen molar-refractivity contribution in [3.63, 3.8) is 0 Å². The lowest BCUT2D eigenvalue weighted by molar-refractivity contribution is 1.51. The van der Waals surface area contributed by atoms with Crippen molar-refractivity contribution in [2.75, 3.05) is 0 Å². The SMILES string of the molecule is C=CS/C(C)=C\N=C\C. The van der Waals surface area contributed by atoms with Crippen LogP contribution in [-0.4, -0.2) is 6.21 Å². The summed E-state index contributed by atoms with van der Waals surface area (Å²) in [4.78, 5) is 5.09. The molecular formula is C7H11NS. The minimum Gasteiger partial charge on any atom is -0.269 e. The molecule has 0 amide bonds. The van der Waals surface area contributed by atoms with Crippen molar-refractivity contribution in [3.05, 3.63) is 23.1 Å². The minimum absolute atomic E-state index is 1.16. The predicted octanol–water partition coefficient (Wildman–Crippen LogP) is 2.82. The van der Waals surface area contributed by atoms with Gasteiger partial charge >= 0.3 is 0 Å². The second-order valence-electron chi connectivity index (χ2n) is 1.43. The molecule has 0 aliphatic carbocycles. The molecule has 0 saturated carbocycles. The van der Waals surface area contributed by atoms with E-state index in [-0.39, 0.29) is 0 Å². The molecule has 0 fully saturated rings. The summed E-state index contributed by atoms with van der Waals surface area (Å²) in [5.41, 5.74) is 0. The van der Waals surface area contributed by atoms with Gasteiger partial charge in [0.15, 0.2) is 0 Å². The van der Waals surface area contributed by atoms with Crippen molar-refractivity contribution in [1.82, 2.24) is 0 Å². The third-order valence-corrected chi connectivity index (χ3v) is 1.32. The van der Waals surface area contributed by atoms with Crippen LogP contribution < -0.4 is 0 Å². The number of rotatable bonds is 3. The van der Waals surface area contributed by atoms with Crippen LogP contribution >= 0.6 is 11.8 Å². The summed E-state index contributed by atoms with van der Waals surface area (Å²) in [5, 5.41) is 1.79. The van der Waals surface area contributed by atoms with E-state index < -0.39 is 0 Å². The van der Waals surface area contributed by atoms with E-state index in [2.05, 4.69) is 11.6 Å². The Morgan fingerprint density at radius 3 is 2.78 bits per heavy atom. The van der Waals surface area contributed by atoms with Gasteiger partial charge in [-0.2, -0.15) is 0 Å². The van der Waals surface area contributed by atoms with Crippen molar-refractivity contribution in [3.8, 4) is 0 Å². The molecular weight excluding hydrogens is 130 g/mol. The van der Waals surface area contributed by atoms with E-state index in [4.69, 9.17) is 0 Å². The molecule has 0 N–H and O–H groups in total. The molecule has 0 atom stereocenters. The number of thioether (sulfide) groups is 1. The van der Waals surface area contributed by atoms with Crippen molar-refractivity contribution >= 4 is 18.0 Å². The van der Waals surface area contributed by atoms with E-state index in [0.29, 0.717) is 0 Å². The van der Waals surface area contributed by atoms with Crippen LogP contribution in [0.15, 0.2) is 28.1 Å². The normalized spacial score (nSPS) is 12.4. The maximum atomic E-state index is 3.93.